The standard InChI is InChI=1S/C28H26ClN3O5/c1-15-11-21(34)19(14-20(15)29)25-24-26(31-30-25)28(35)32(27(24)17-5-4-6-18(33)13-17)10-9-16-7-8-22(36-2)23(12-16)37-3/h4-8,11-14,27,33-34H,9-10H2,1-3H3,(H,30,31). The van der Waals surface area contributed by atoms with E-state index in [1.165, 1.54) is 0 Å². The minimum Gasteiger partial charge on any atom is -0.508 e. The first-order chi connectivity index (χ1) is 17.8. The summed E-state index contributed by atoms with van der Waals surface area (Å²) in [6, 6.07) is 15.2. The normalized spacial score (nSPS) is 14.6. The summed E-state index contributed by atoms with van der Waals surface area (Å²) >= 11 is 6.37. The van der Waals surface area contributed by atoms with Gasteiger partial charge < -0.3 is 24.6 Å². The molecular weight excluding hydrogens is 494 g/mol. The van der Waals surface area contributed by atoms with Crippen LogP contribution in [0.3, 0.4) is 0 Å². The van der Waals surface area contributed by atoms with Gasteiger partial charge in [-0.2, -0.15) is 5.10 Å². The number of halogens is 1. The zero-order valence-corrected chi connectivity index (χ0v) is 21.3. The van der Waals surface area contributed by atoms with Crippen molar-refractivity contribution in [2.75, 3.05) is 20.8 Å². The van der Waals surface area contributed by atoms with E-state index in [0.29, 0.717) is 52.0 Å². The van der Waals surface area contributed by atoms with Crippen LogP contribution in [0.2, 0.25) is 5.02 Å². The second kappa shape index (κ2) is 9.71. The fraction of sp³-hybridized carbons (Fsp3) is 0.214. The number of phenolic OH excluding ortho intramolecular Hbond substituents is 2. The molecule has 1 aliphatic rings. The fourth-order valence-electron chi connectivity index (χ4n) is 4.82. The van der Waals surface area contributed by atoms with Crippen molar-refractivity contribution in [1.29, 1.82) is 0 Å². The predicted molar refractivity (Wildman–Crippen MR) is 140 cm³/mol. The number of ether oxygens (including phenoxy) is 2. The van der Waals surface area contributed by atoms with Crippen molar-refractivity contribution in [3.63, 3.8) is 0 Å². The number of phenols is 2. The molecule has 4 aromatic rings. The number of nitrogens with one attached hydrogen (secondary N) is 1. The molecule has 5 rings (SSSR count). The first-order valence-corrected chi connectivity index (χ1v) is 12.1. The number of fused-ring (bicyclic) bond motifs is 1. The number of aryl methyl sites for hydroxylation is 1. The van der Waals surface area contributed by atoms with Gasteiger partial charge in [-0.15, -0.1) is 0 Å². The average molecular weight is 520 g/mol. The maximum Gasteiger partial charge on any atom is 0.273 e. The molecule has 0 spiro atoms. The van der Waals surface area contributed by atoms with Crippen LogP contribution in [0.5, 0.6) is 23.0 Å². The average Bonchev–Trinajstić information content (AvgIpc) is 3.43. The molecule has 3 N–H and O–H groups in total. The number of aromatic amines is 1. The molecule has 0 saturated heterocycles. The third-order valence-electron chi connectivity index (χ3n) is 6.67. The number of nitrogens with zero attached hydrogens (tertiary/aromatic N) is 2. The van der Waals surface area contributed by atoms with Crippen LogP contribution in [0.15, 0.2) is 54.6 Å². The minimum absolute atomic E-state index is 0.0158. The van der Waals surface area contributed by atoms with Crippen LogP contribution < -0.4 is 9.47 Å². The van der Waals surface area contributed by atoms with E-state index in [1.807, 2.05) is 24.3 Å². The third-order valence-corrected chi connectivity index (χ3v) is 7.08. The van der Waals surface area contributed by atoms with Gasteiger partial charge in [-0.25, -0.2) is 0 Å². The quantitative estimate of drug-likeness (QED) is 0.307. The summed E-state index contributed by atoms with van der Waals surface area (Å²) < 4.78 is 10.8. The zero-order chi connectivity index (χ0) is 26.3. The Hall–Kier alpha value is -4.17. The van der Waals surface area contributed by atoms with Crippen LogP contribution in [0.25, 0.3) is 11.3 Å². The van der Waals surface area contributed by atoms with Gasteiger partial charge in [0.15, 0.2) is 11.5 Å². The topological polar surface area (TPSA) is 108 Å². The maximum atomic E-state index is 13.6. The Morgan fingerprint density at radius 2 is 1.84 bits per heavy atom. The van der Waals surface area contributed by atoms with Gasteiger partial charge in [0.25, 0.3) is 5.91 Å². The lowest BCUT2D eigenvalue weighted by Gasteiger charge is -2.27. The molecule has 8 nitrogen and oxygen atoms in total. The Morgan fingerprint density at radius 1 is 1.05 bits per heavy atom. The summed E-state index contributed by atoms with van der Waals surface area (Å²) in [6.45, 7) is 2.19. The number of amides is 1. The van der Waals surface area contributed by atoms with E-state index in [-0.39, 0.29) is 17.4 Å². The molecule has 0 saturated carbocycles. The van der Waals surface area contributed by atoms with Crippen LogP contribution in [0.1, 0.15) is 38.8 Å². The minimum atomic E-state index is -0.539. The number of H-pyrrole nitrogens is 1. The van der Waals surface area contributed by atoms with Gasteiger partial charge >= 0.3 is 0 Å². The molecule has 37 heavy (non-hydrogen) atoms. The molecule has 0 aliphatic carbocycles. The van der Waals surface area contributed by atoms with Crippen molar-refractivity contribution < 1.29 is 24.5 Å². The highest BCUT2D eigenvalue weighted by Crippen LogP contribution is 2.45. The summed E-state index contributed by atoms with van der Waals surface area (Å²) in [5, 5.41) is 28.7. The molecule has 1 aromatic heterocycles. The summed E-state index contributed by atoms with van der Waals surface area (Å²) in [5.74, 6) is 1.12. The van der Waals surface area contributed by atoms with Crippen molar-refractivity contribution in [1.82, 2.24) is 15.1 Å². The molecule has 0 radical (unpaired) electrons. The summed E-state index contributed by atoms with van der Waals surface area (Å²) in [7, 11) is 3.16. The zero-order valence-electron chi connectivity index (χ0n) is 20.6. The van der Waals surface area contributed by atoms with Crippen molar-refractivity contribution in [3.8, 4) is 34.3 Å². The Morgan fingerprint density at radius 3 is 2.57 bits per heavy atom. The number of methoxy groups -OCH3 is 2. The van der Waals surface area contributed by atoms with Gasteiger partial charge in [-0.1, -0.05) is 29.8 Å². The lowest BCUT2D eigenvalue weighted by molar-refractivity contribution is 0.0745. The summed E-state index contributed by atoms with van der Waals surface area (Å²) in [6.07, 6.45) is 0.552. The molecular formula is C28H26ClN3O5. The van der Waals surface area contributed by atoms with Crippen molar-refractivity contribution in [3.05, 3.63) is 87.6 Å². The fourth-order valence-corrected chi connectivity index (χ4v) is 4.98. The molecule has 0 fully saturated rings. The van der Waals surface area contributed by atoms with E-state index in [4.69, 9.17) is 21.1 Å². The number of carbonyl (C=O) groups is 1. The molecule has 2 heterocycles. The maximum absolute atomic E-state index is 13.6. The monoisotopic (exact) mass is 519 g/mol. The number of aromatic hydroxyl groups is 2. The Labute approximate surface area is 219 Å². The molecule has 1 amide bonds. The van der Waals surface area contributed by atoms with E-state index >= 15 is 0 Å². The van der Waals surface area contributed by atoms with Gasteiger partial charge in [-0.05, 0) is 66.4 Å². The van der Waals surface area contributed by atoms with Crippen LogP contribution >= 0.6 is 11.6 Å². The number of rotatable bonds is 7. The number of hydrogen-bond acceptors (Lipinski definition) is 6. The third kappa shape index (κ3) is 4.34. The van der Waals surface area contributed by atoms with E-state index in [1.54, 1.807) is 56.4 Å². The second-order valence-corrected chi connectivity index (χ2v) is 9.32. The number of benzene rings is 3. The van der Waals surface area contributed by atoms with E-state index < -0.39 is 6.04 Å². The van der Waals surface area contributed by atoms with Crippen molar-refractivity contribution >= 4 is 17.5 Å². The van der Waals surface area contributed by atoms with Gasteiger partial charge in [0.05, 0.1) is 20.3 Å². The van der Waals surface area contributed by atoms with Crippen LogP contribution in [0, 0.1) is 6.92 Å². The van der Waals surface area contributed by atoms with Gasteiger partial charge in [0.2, 0.25) is 0 Å². The number of hydrogen-bond donors (Lipinski definition) is 3. The van der Waals surface area contributed by atoms with Crippen LogP contribution in [0.4, 0.5) is 0 Å². The van der Waals surface area contributed by atoms with Crippen LogP contribution in [-0.4, -0.2) is 52.0 Å². The van der Waals surface area contributed by atoms with E-state index in [2.05, 4.69) is 10.2 Å². The highest BCUT2D eigenvalue weighted by Gasteiger charge is 2.42. The van der Waals surface area contributed by atoms with Gasteiger partial charge in [0.1, 0.15) is 22.9 Å². The lowest BCUT2D eigenvalue weighted by atomic mass is 9.95. The van der Waals surface area contributed by atoms with Crippen LogP contribution in [-0.2, 0) is 6.42 Å². The Kier molecular flexibility index (Phi) is 6.43. The van der Waals surface area contributed by atoms with E-state index in [0.717, 1.165) is 16.7 Å². The molecule has 9 heteroatoms. The molecule has 190 valence electrons. The molecule has 1 atom stereocenters. The number of aromatic nitrogens is 2. The largest absolute Gasteiger partial charge is 0.508 e. The van der Waals surface area contributed by atoms with Crippen molar-refractivity contribution in [2.24, 2.45) is 0 Å². The second-order valence-electron chi connectivity index (χ2n) is 8.91. The molecule has 1 aliphatic heterocycles. The summed E-state index contributed by atoms with van der Waals surface area (Å²) in [5.41, 5.74) is 4.24. The van der Waals surface area contributed by atoms with Gasteiger partial charge in [0, 0.05) is 22.7 Å². The first kappa shape index (κ1) is 24.5. The molecule has 0 bridgehead atoms. The SMILES string of the molecule is COc1ccc(CCN2C(=O)c3[nH]nc(-c4cc(Cl)c(C)cc4O)c3C2c2cccc(O)c2)cc1OC. The Bertz CT molecular complexity index is 1500. The highest BCUT2D eigenvalue weighted by molar-refractivity contribution is 6.31. The molecule has 3 aromatic carbocycles. The van der Waals surface area contributed by atoms with E-state index in [9.17, 15) is 15.0 Å². The Balaban J connectivity index is 1.57. The number of carbonyl (C=O) groups excluding carboxylic acids is 1. The van der Waals surface area contributed by atoms with Gasteiger partial charge in [-0.3, -0.25) is 9.89 Å². The molecule has 1 unspecified atom stereocenters. The first-order valence-electron chi connectivity index (χ1n) is 11.7. The predicted octanol–water partition coefficient (Wildman–Crippen LogP) is 5.25. The van der Waals surface area contributed by atoms with Crippen molar-refractivity contribution in [2.45, 2.75) is 19.4 Å². The highest BCUT2D eigenvalue weighted by atomic mass is 35.5. The lowest BCUT2D eigenvalue weighted by Crippen LogP contribution is -2.31. The smallest absolute Gasteiger partial charge is 0.273 e. The summed E-state index contributed by atoms with van der Waals surface area (Å²) in [4.78, 5) is 15.4.